The molecule has 4 nitrogen and oxygen atoms in total. The molecule has 4 rings (SSSR count). The lowest BCUT2D eigenvalue weighted by Gasteiger charge is -2.30. The number of nitrogens with zero attached hydrogens (tertiary/aromatic N) is 3. The Morgan fingerprint density at radius 1 is 0.444 bits per heavy atom. The van der Waals surface area contributed by atoms with E-state index in [0.29, 0.717) is 0 Å². The zero-order chi connectivity index (χ0) is 33.5. The molecule has 0 radical (unpaired) electrons. The summed E-state index contributed by atoms with van der Waals surface area (Å²) in [5.74, 6) is 0. The molecule has 0 bridgehead atoms. The zero-order valence-electron chi connectivity index (χ0n) is 29.8. The van der Waals surface area contributed by atoms with E-state index in [0.717, 1.165) is 34.2 Å². The second kappa shape index (κ2) is 15.1. The molecule has 236 valence electrons. The van der Waals surface area contributed by atoms with E-state index in [2.05, 4.69) is 154 Å². The topological polar surface area (TPSA) is 49.1 Å². The van der Waals surface area contributed by atoms with Crippen LogP contribution >= 0.6 is 0 Å². The minimum absolute atomic E-state index is 0.217. The Morgan fingerprint density at radius 3 is 1.02 bits per heavy atom. The van der Waals surface area contributed by atoms with E-state index in [1.807, 2.05) is 13.8 Å². The van der Waals surface area contributed by atoms with Gasteiger partial charge in [-0.3, -0.25) is 15.0 Å². The summed E-state index contributed by atoms with van der Waals surface area (Å²) in [7, 11) is 0. The molecule has 4 aromatic rings. The van der Waals surface area contributed by atoms with Gasteiger partial charge in [0.05, 0.1) is 34.0 Å². The minimum atomic E-state index is -0.217. The highest BCUT2D eigenvalue weighted by Crippen LogP contribution is 2.29. The first-order chi connectivity index (χ1) is 21.1. The Morgan fingerprint density at radius 2 is 0.711 bits per heavy atom. The Labute approximate surface area is 272 Å². The van der Waals surface area contributed by atoms with E-state index < -0.39 is 0 Å². The molecule has 0 atom stereocenters. The molecule has 0 saturated heterocycles. The molecule has 1 N–H and O–H groups in total. The van der Waals surface area contributed by atoms with Gasteiger partial charge in [-0.25, -0.2) is 0 Å². The van der Waals surface area contributed by atoms with E-state index in [-0.39, 0.29) is 5.54 Å². The van der Waals surface area contributed by atoms with E-state index >= 15 is 0 Å². The number of anilines is 1. The summed E-state index contributed by atoms with van der Waals surface area (Å²) in [6.45, 7) is 27.4. The Kier molecular flexibility index (Phi) is 11.8. The molecular weight excluding hydrogens is 548 g/mol. The van der Waals surface area contributed by atoms with Crippen molar-refractivity contribution in [2.24, 2.45) is 15.0 Å². The summed E-state index contributed by atoms with van der Waals surface area (Å²) in [6.07, 6.45) is 0. The number of nitrogens with one attached hydrogen (secondary N) is 1. The normalized spacial score (nSPS) is 12.5. The van der Waals surface area contributed by atoms with Crippen LogP contribution in [0.25, 0.3) is 0 Å². The van der Waals surface area contributed by atoms with E-state index in [1.165, 1.54) is 50.2 Å². The summed E-state index contributed by atoms with van der Waals surface area (Å²) in [5.41, 5.74) is 16.9. The highest BCUT2D eigenvalue weighted by molar-refractivity contribution is 6.41. The van der Waals surface area contributed by atoms with Gasteiger partial charge >= 0.3 is 0 Å². The van der Waals surface area contributed by atoms with Gasteiger partial charge in [0.2, 0.25) is 0 Å². The first kappa shape index (κ1) is 35.2. The van der Waals surface area contributed by atoms with Crippen LogP contribution in [0.5, 0.6) is 0 Å². The maximum Gasteiger partial charge on any atom is 0.0697 e. The molecule has 0 amide bonds. The highest BCUT2D eigenvalue weighted by Gasteiger charge is 2.23. The van der Waals surface area contributed by atoms with Crippen molar-refractivity contribution in [2.45, 2.75) is 95.5 Å². The van der Waals surface area contributed by atoms with Gasteiger partial charge in [-0.1, -0.05) is 72.8 Å². The average Bonchev–Trinajstić information content (AvgIpc) is 2.97. The fraction of sp³-hybridized carbons (Fsp3) is 0.341. The van der Waals surface area contributed by atoms with Gasteiger partial charge in [0.1, 0.15) is 0 Å². The van der Waals surface area contributed by atoms with Gasteiger partial charge in [0, 0.05) is 11.4 Å². The third kappa shape index (κ3) is 9.11. The third-order valence-electron chi connectivity index (χ3n) is 8.50. The fourth-order valence-electron chi connectivity index (χ4n) is 5.17. The van der Waals surface area contributed by atoms with Crippen molar-refractivity contribution in [2.75, 3.05) is 5.32 Å². The van der Waals surface area contributed by atoms with E-state index in [9.17, 15) is 0 Å². The summed E-state index contributed by atoms with van der Waals surface area (Å²) < 4.78 is 0. The molecule has 0 unspecified atom stereocenters. The number of hydrogen-bond donors (Lipinski definition) is 1. The second-order valence-corrected chi connectivity index (χ2v) is 12.8. The largest absolute Gasteiger partial charge is 0.374 e. The highest BCUT2D eigenvalue weighted by atomic mass is 15.0. The quantitative estimate of drug-likeness (QED) is 0.211. The summed E-state index contributed by atoms with van der Waals surface area (Å²) in [5, 5.41) is 3.68. The number of para-hydroxylation sites is 4. The van der Waals surface area contributed by atoms with Gasteiger partial charge in [-0.2, -0.15) is 0 Å². The van der Waals surface area contributed by atoms with Gasteiger partial charge in [-0.15, -0.1) is 0 Å². The van der Waals surface area contributed by atoms with Crippen LogP contribution < -0.4 is 5.32 Å². The predicted octanol–water partition coefficient (Wildman–Crippen LogP) is 11.7. The lowest BCUT2D eigenvalue weighted by atomic mass is 9.96. The van der Waals surface area contributed by atoms with Crippen LogP contribution in [0.15, 0.2) is 87.8 Å². The van der Waals surface area contributed by atoms with Crippen molar-refractivity contribution in [3.05, 3.63) is 117 Å². The molecule has 0 saturated carbocycles. The second-order valence-electron chi connectivity index (χ2n) is 12.8. The maximum absolute atomic E-state index is 4.94. The molecule has 0 aliphatic rings. The van der Waals surface area contributed by atoms with Crippen LogP contribution in [-0.4, -0.2) is 22.7 Å². The summed E-state index contributed by atoms with van der Waals surface area (Å²) in [4.78, 5) is 14.5. The third-order valence-corrected chi connectivity index (χ3v) is 8.50. The Bertz CT molecular complexity index is 1610. The van der Waals surface area contributed by atoms with Crippen molar-refractivity contribution >= 4 is 39.9 Å². The Balaban J connectivity index is 0.000000246. The molecule has 0 aromatic heterocycles. The first-order valence-corrected chi connectivity index (χ1v) is 15.8. The molecular formula is C41H52N4. The van der Waals surface area contributed by atoms with Gasteiger partial charge in [0.25, 0.3) is 0 Å². The molecule has 45 heavy (non-hydrogen) atoms. The number of benzene rings is 4. The minimum Gasteiger partial charge on any atom is -0.374 e. The van der Waals surface area contributed by atoms with Crippen molar-refractivity contribution in [3.63, 3.8) is 0 Å². The van der Waals surface area contributed by atoms with Crippen molar-refractivity contribution in [1.29, 1.82) is 0 Å². The van der Waals surface area contributed by atoms with Crippen LogP contribution in [-0.2, 0) is 0 Å². The van der Waals surface area contributed by atoms with Gasteiger partial charge in [0.15, 0.2) is 0 Å². The monoisotopic (exact) mass is 600 g/mol. The van der Waals surface area contributed by atoms with Crippen LogP contribution in [0.2, 0.25) is 0 Å². The number of hydrogen-bond acceptors (Lipinski definition) is 4. The van der Waals surface area contributed by atoms with Gasteiger partial charge < -0.3 is 5.32 Å². The van der Waals surface area contributed by atoms with E-state index in [1.54, 1.807) is 0 Å². The van der Waals surface area contributed by atoms with Crippen LogP contribution in [0, 0.1) is 55.4 Å². The maximum atomic E-state index is 4.94. The number of aliphatic imine (C=N–C) groups is 3. The summed E-state index contributed by atoms with van der Waals surface area (Å²) in [6, 6.07) is 25.2. The molecule has 4 aromatic carbocycles. The number of rotatable bonds is 7. The van der Waals surface area contributed by atoms with Crippen molar-refractivity contribution < 1.29 is 0 Å². The SMILES string of the molecule is CC(=Nc1c(C)cccc1C)C(C)(C)Nc1c(C)cccc1C.CC(=Nc1c(C)cccc1C)C(C)=Nc1c(C)cccc1C. The molecule has 0 aliphatic heterocycles. The molecule has 0 heterocycles. The zero-order valence-corrected chi connectivity index (χ0v) is 29.8. The Hall–Kier alpha value is -4.31. The predicted molar refractivity (Wildman–Crippen MR) is 200 cm³/mol. The summed E-state index contributed by atoms with van der Waals surface area (Å²) >= 11 is 0. The lowest BCUT2D eigenvalue weighted by Crippen LogP contribution is -2.39. The molecule has 4 heteroatoms. The fourth-order valence-corrected chi connectivity index (χ4v) is 5.17. The smallest absolute Gasteiger partial charge is 0.0697 e. The van der Waals surface area contributed by atoms with E-state index in [4.69, 9.17) is 15.0 Å². The van der Waals surface area contributed by atoms with Crippen LogP contribution in [0.3, 0.4) is 0 Å². The lowest BCUT2D eigenvalue weighted by molar-refractivity contribution is 0.752. The first-order valence-electron chi connectivity index (χ1n) is 15.8. The number of aryl methyl sites for hydroxylation is 8. The van der Waals surface area contributed by atoms with Crippen LogP contribution in [0.4, 0.5) is 22.7 Å². The molecule has 0 spiro atoms. The average molecular weight is 601 g/mol. The van der Waals surface area contributed by atoms with Gasteiger partial charge in [-0.05, 0) is 135 Å². The standard InChI is InChI=1S/C21H28N2.C20H24N2/c1-14-10-8-11-15(2)19(14)22-18(5)21(6,7)23-20-16(3)12-9-13-17(20)4;1-13-9-7-10-14(2)19(13)21-17(5)18(6)22-20-15(3)11-8-12-16(20)4/h8-13,23H,1-7H3;7-12H,1-6H3. The molecule has 0 fully saturated rings. The van der Waals surface area contributed by atoms with Crippen LogP contribution in [0.1, 0.15) is 79.1 Å². The van der Waals surface area contributed by atoms with Crippen molar-refractivity contribution in [3.8, 4) is 0 Å². The molecule has 0 aliphatic carbocycles. The van der Waals surface area contributed by atoms with Crippen molar-refractivity contribution in [1.82, 2.24) is 0 Å².